The standard InChI is InChI=1S/C48H55N4O8P/c1-31(2)52(32(3)4)61(58-29-36-15-14-35-25-34(27-49)13-24-42(35)36)60-43-26-45(51-28-33(5)46(53)50-47(51)54)59-44(43)30-57-48(37-11-9-8-10-12-37,38-16-20-40(55-6)21-17-38)39-18-22-41(56-7)23-19-39/h8-13,16-25,28,31-32,36,43-45H,14-15,26,29-30H2,1-7H3,(H,50,53,54)/t36?,43?,44-,45-,61?/m1/s1. The zero-order valence-corrected chi connectivity index (χ0v) is 36.8. The van der Waals surface area contributed by atoms with Crippen LogP contribution in [0.3, 0.4) is 0 Å². The molecule has 2 heterocycles. The summed E-state index contributed by atoms with van der Waals surface area (Å²) in [5, 5.41) is 9.50. The van der Waals surface area contributed by atoms with Gasteiger partial charge in [-0.2, -0.15) is 5.26 Å². The number of nitrogens with one attached hydrogen (secondary N) is 1. The van der Waals surface area contributed by atoms with Gasteiger partial charge in [0.15, 0.2) is 0 Å². The molecule has 4 aromatic carbocycles. The van der Waals surface area contributed by atoms with E-state index in [0.29, 0.717) is 29.2 Å². The topological polar surface area (TPSA) is 137 Å². The Labute approximate surface area is 358 Å². The van der Waals surface area contributed by atoms with Crippen LogP contribution in [-0.4, -0.2) is 65.9 Å². The Hall–Kier alpha value is -5.12. The van der Waals surface area contributed by atoms with E-state index in [9.17, 15) is 14.9 Å². The van der Waals surface area contributed by atoms with Crippen LogP contribution in [-0.2, 0) is 30.5 Å². The van der Waals surface area contributed by atoms with Crippen molar-refractivity contribution in [3.05, 3.63) is 163 Å². The number of aryl methyl sites for hydroxylation is 2. The first-order chi connectivity index (χ1) is 29.4. The Balaban J connectivity index is 1.27. The summed E-state index contributed by atoms with van der Waals surface area (Å²) in [5.74, 6) is 1.56. The van der Waals surface area contributed by atoms with Crippen molar-refractivity contribution in [2.45, 2.75) is 95.9 Å². The number of H-pyrrole nitrogens is 1. The molecule has 2 aliphatic rings. The maximum atomic E-state index is 13.4. The maximum absolute atomic E-state index is 13.4. The van der Waals surface area contributed by atoms with Crippen LogP contribution in [0.2, 0.25) is 0 Å². The highest BCUT2D eigenvalue weighted by Crippen LogP contribution is 2.52. The molecule has 12 nitrogen and oxygen atoms in total. The molecule has 61 heavy (non-hydrogen) atoms. The van der Waals surface area contributed by atoms with Crippen molar-refractivity contribution >= 4 is 8.53 Å². The molecule has 1 aliphatic heterocycles. The minimum atomic E-state index is -1.67. The Kier molecular flexibility index (Phi) is 13.9. The Morgan fingerprint density at radius 2 is 1.51 bits per heavy atom. The van der Waals surface area contributed by atoms with E-state index < -0.39 is 43.8 Å². The molecule has 1 fully saturated rings. The molecule has 1 N–H and O–H groups in total. The summed E-state index contributed by atoms with van der Waals surface area (Å²) in [4.78, 5) is 28.3. The van der Waals surface area contributed by atoms with Gasteiger partial charge in [0.2, 0.25) is 0 Å². The molecule has 0 spiro atoms. The fourth-order valence-corrected chi connectivity index (χ4v) is 10.4. The van der Waals surface area contributed by atoms with Gasteiger partial charge < -0.3 is 28.0 Å². The summed E-state index contributed by atoms with van der Waals surface area (Å²) in [6.45, 7) is 10.7. The zero-order valence-electron chi connectivity index (χ0n) is 35.9. The van der Waals surface area contributed by atoms with E-state index in [1.807, 2.05) is 91.0 Å². The van der Waals surface area contributed by atoms with Crippen LogP contribution in [0.1, 0.15) is 91.6 Å². The van der Waals surface area contributed by atoms with Crippen molar-refractivity contribution in [3.8, 4) is 17.6 Å². The molecular weight excluding hydrogens is 792 g/mol. The SMILES string of the molecule is COc1ccc(C(OC[C@H]2O[C@@H](n3cc(C)c(=O)[nH]c3=O)CC2OP(OCC2CCc3cc(C#N)ccc32)N(C(C)C)C(C)C)(c2ccccc2)c2ccc(OC)cc2)cc1. The monoisotopic (exact) mass is 846 g/mol. The average Bonchev–Trinajstić information content (AvgIpc) is 3.87. The largest absolute Gasteiger partial charge is 0.497 e. The molecule has 0 radical (unpaired) electrons. The molecule has 320 valence electrons. The molecule has 0 amide bonds. The molecule has 3 unspecified atom stereocenters. The maximum Gasteiger partial charge on any atom is 0.330 e. The van der Waals surface area contributed by atoms with E-state index in [1.54, 1.807) is 21.1 Å². The number of hydrogen-bond acceptors (Lipinski definition) is 10. The number of methoxy groups -OCH3 is 2. The van der Waals surface area contributed by atoms with E-state index in [1.165, 1.54) is 21.9 Å². The van der Waals surface area contributed by atoms with Gasteiger partial charge in [0.25, 0.3) is 14.1 Å². The minimum Gasteiger partial charge on any atom is -0.497 e. The quantitative estimate of drug-likeness (QED) is 0.0717. The highest BCUT2D eigenvalue weighted by atomic mass is 31.2. The molecule has 1 saturated heterocycles. The number of ether oxygens (including phenoxy) is 4. The highest BCUT2D eigenvalue weighted by Gasteiger charge is 2.45. The number of aromatic nitrogens is 2. The lowest BCUT2D eigenvalue weighted by Gasteiger charge is -2.39. The van der Waals surface area contributed by atoms with Crippen LogP contribution >= 0.6 is 8.53 Å². The summed E-state index contributed by atoms with van der Waals surface area (Å²) >= 11 is 0. The van der Waals surface area contributed by atoms with Crippen molar-refractivity contribution in [2.75, 3.05) is 27.4 Å². The molecule has 13 heteroatoms. The first-order valence-electron chi connectivity index (χ1n) is 20.8. The molecule has 5 aromatic rings. The summed E-state index contributed by atoms with van der Waals surface area (Å²) in [6, 6.07) is 34.0. The zero-order chi connectivity index (χ0) is 43.3. The predicted octanol–water partition coefficient (Wildman–Crippen LogP) is 8.51. The minimum absolute atomic E-state index is 0.0506. The first-order valence-corrected chi connectivity index (χ1v) is 22.0. The summed E-state index contributed by atoms with van der Waals surface area (Å²) in [5.41, 5.74) is 3.89. The number of rotatable bonds is 17. The van der Waals surface area contributed by atoms with Gasteiger partial charge >= 0.3 is 5.69 Å². The Morgan fingerprint density at radius 3 is 2.10 bits per heavy atom. The average molecular weight is 847 g/mol. The van der Waals surface area contributed by atoms with Crippen LogP contribution < -0.4 is 20.7 Å². The highest BCUT2D eigenvalue weighted by molar-refractivity contribution is 7.44. The van der Waals surface area contributed by atoms with Gasteiger partial charge in [-0.05, 0) is 112 Å². The summed E-state index contributed by atoms with van der Waals surface area (Å²) < 4.78 is 43.0. The van der Waals surface area contributed by atoms with Crippen LogP contribution in [0.25, 0.3) is 0 Å². The number of aromatic amines is 1. The van der Waals surface area contributed by atoms with Crippen molar-refractivity contribution in [2.24, 2.45) is 0 Å². The molecule has 0 bridgehead atoms. The fraction of sp³-hybridized carbons (Fsp3) is 0.396. The van der Waals surface area contributed by atoms with Gasteiger partial charge in [-0.1, -0.05) is 60.7 Å². The van der Waals surface area contributed by atoms with Crippen molar-refractivity contribution in [1.82, 2.24) is 14.2 Å². The normalized spacial score (nSPS) is 19.3. The van der Waals surface area contributed by atoms with Gasteiger partial charge in [0, 0.05) is 36.2 Å². The molecule has 7 rings (SSSR count). The van der Waals surface area contributed by atoms with Crippen molar-refractivity contribution in [3.63, 3.8) is 0 Å². The van der Waals surface area contributed by atoms with Crippen LogP contribution in [0.15, 0.2) is 113 Å². The van der Waals surface area contributed by atoms with Crippen LogP contribution in [0, 0.1) is 18.3 Å². The second-order valence-corrected chi connectivity index (χ2v) is 17.6. The third kappa shape index (κ3) is 9.38. The van der Waals surface area contributed by atoms with E-state index in [-0.39, 0.29) is 31.0 Å². The second-order valence-electron chi connectivity index (χ2n) is 16.2. The number of hydrogen-bond donors (Lipinski definition) is 1. The molecule has 5 atom stereocenters. The third-order valence-electron chi connectivity index (χ3n) is 11.6. The first kappa shape index (κ1) is 44.0. The van der Waals surface area contributed by atoms with Crippen LogP contribution in [0.4, 0.5) is 0 Å². The lowest BCUT2D eigenvalue weighted by molar-refractivity contribution is -0.0926. The van der Waals surface area contributed by atoms with E-state index in [2.05, 4.69) is 49.5 Å². The second kappa shape index (κ2) is 19.3. The number of fused-ring (bicyclic) bond motifs is 1. The van der Waals surface area contributed by atoms with E-state index in [4.69, 9.17) is 28.0 Å². The molecule has 1 aliphatic carbocycles. The molecule has 1 aromatic heterocycles. The summed E-state index contributed by atoms with van der Waals surface area (Å²) in [7, 11) is 1.60. The van der Waals surface area contributed by atoms with Gasteiger partial charge in [-0.3, -0.25) is 14.3 Å². The summed E-state index contributed by atoms with van der Waals surface area (Å²) in [6.07, 6.45) is 1.57. The lowest BCUT2D eigenvalue weighted by atomic mass is 9.80. The predicted molar refractivity (Wildman–Crippen MR) is 235 cm³/mol. The fourth-order valence-electron chi connectivity index (χ4n) is 8.56. The lowest BCUT2D eigenvalue weighted by Crippen LogP contribution is -2.40. The van der Waals surface area contributed by atoms with Gasteiger partial charge in [0.1, 0.15) is 29.4 Å². The van der Waals surface area contributed by atoms with E-state index >= 15 is 0 Å². The van der Waals surface area contributed by atoms with E-state index in [0.717, 1.165) is 29.5 Å². The van der Waals surface area contributed by atoms with Gasteiger partial charge in [-0.15, -0.1) is 0 Å². The third-order valence-corrected chi connectivity index (χ3v) is 13.7. The van der Waals surface area contributed by atoms with Gasteiger partial charge in [-0.25, -0.2) is 9.46 Å². The van der Waals surface area contributed by atoms with Crippen molar-refractivity contribution < 1.29 is 28.0 Å². The van der Waals surface area contributed by atoms with Crippen molar-refractivity contribution in [1.29, 1.82) is 5.26 Å². The molecule has 0 saturated carbocycles. The Morgan fingerprint density at radius 1 is 0.885 bits per heavy atom. The van der Waals surface area contributed by atoms with Crippen LogP contribution in [0.5, 0.6) is 11.5 Å². The molecular formula is C48H55N4O8P. The number of benzene rings is 4. The Bertz CT molecular complexity index is 2360. The number of nitriles is 1. The smallest absolute Gasteiger partial charge is 0.330 e. The van der Waals surface area contributed by atoms with Gasteiger partial charge in [0.05, 0.1) is 45.2 Å². The number of nitrogens with zero attached hydrogens (tertiary/aromatic N) is 3.